The van der Waals surface area contributed by atoms with Crippen molar-refractivity contribution in [3.8, 4) is 0 Å². The number of halogens is 1. The lowest BCUT2D eigenvalue weighted by molar-refractivity contribution is -0.130. The van der Waals surface area contributed by atoms with Crippen LogP contribution >= 0.6 is 12.4 Å². The number of nitrogens with one attached hydrogen (secondary N) is 2. The summed E-state index contributed by atoms with van der Waals surface area (Å²) in [4.78, 5) is 25.2. The van der Waals surface area contributed by atoms with Crippen LogP contribution in [0.15, 0.2) is 0 Å². The maximum atomic E-state index is 11.8. The minimum atomic E-state index is 0. The first-order valence-corrected chi connectivity index (χ1v) is 6.99. The van der Waals surface area contributed by atoms with Gasteiger partial charge in [-0.3, -0.25) is 9.59 Å². The summed E-state index contributed by atoms with van der Waals surface area (Å²) in [5, 5.41) is 6.37. The molecule has 0 bridgehead atoms. The average molecular weight is 290 g/mol. The van der Waals surface area contributed by atoms with Crippen molar-refractivity contribution in [3.63, 3.8) is 0 Å². The molecule has 2 rings (SSSR count). The molecule has 19 heavy (non-hydrogen) atoms. The molecule has 2 amide bonds. The van der Waals surface area contributed by atoms with Crippen LogP contribution in [-0.4, -0.2) is 48.4 Å². The van der Waals surface area contributed by atoms with Gasteiger partial charge in [0.25, 0.3) is 0 Å². The molecular weight excluding hydrogens is 266 g/mol. The SMILES string of the molecule is CCC(=O)N1CCC(NC(=O)CC2CCCN2)C1.Cl. The van der Waals surface area contributed by atoms with E-state index in [0.29, 0.717) is 25.4 Å². The summed E-state index contributed by atoms with van der Waals surface area (Å²) < 4.78 is 0. The Bertz CT molecular complexity index is 319. The van der Waals surface area contributed by atoms with Crippen molar-refractivity contribution in [1.82, 2.24) is 15.5 Å². The molecule has 6 heteroatoms. The fourth-order valence-electron chi connectivity index (χ4n) is 2.77. The van der Waals surface area contributed by atoms with Gasteiger partial charge in [-0.2, -0.15) is 0 Å². The van der Waals surface area contributed by atoms with Crippen molar-refractivity contribution in [2.24, 2.45) is 0 Å². The van der Waals surface area contributed by atoms with Gasteiger partial charge in [0.2, 0.25) is 11.8 Å². The highest BCUT2D eigenvalue weighted by Crippen LogP contribution is 2.12. The Morgan fingerprint density at radius 3 is 2.79 bits per heavy atom. The summed E-state index contributed by atoms with van der Waals surface area (Å²) >= 11 is 0. The van der Waals surface area contributed by atoms with E-state index in [2.05, 4.69) is 10.6 Å². The standard InChI is InChI=1S/C13H23N3O2.ClH/c1-2-13(18)16-7-5-11(9-16)15-12(17)8-10-4-3-6-14-10;/h10-11,14H,2-9H2,1H3,(H,15,17);1H. The van der Waals surface area contributed by atoms with Gasteiger partial charge in [0, 0.05) is 38.0 Å². The minimum absolute atomic E-state index is 0. The van der Waals surface area contributed by atoms with E-state index >= 15 is 0 Å². The molecule has 0 saturated carbocycles. The van der Waals surface area contributed by atoms with Gasteiger partial charge in [-0.1, -0.05) is 6.92 Å². The van der Waals surface area contributed by atoms with E-state index in [9.17, 15) is 9.59 Å². The van der Waals surface area contributed by atoms with Gasteiger partial charge in [0.05, 0.1) is 0 Å². The molecule has 2 atom stereocenters. The third-order valence-corrected chi connectivity index (χ3v) is 3.80. The number of likely N-dealkylation sites (tertiary alicyclic amines) is 1. The van der Waals surface area contributed by atoms with Crippen LogP contribution in [0, 0.1) is 0 Å². The number of amides is 2. The van der Waals surface area contributed by atoms with Gasteiger partial charge in [-0.15, -0.1) is 12.4 Å². The molecule has 0 spiro atoms. The van der Waals surface area contributed by atoms with Crippen LogP contribution < -0.4 is 10.6 Å². The number of hydrogen-bond donors (Lipinski definition) is 2. The smallest absolute Gasteiger partial charge is 0.222 e. The van der Waals surface area contributed by atoms with Crippen LogP contribution in [0.5, 0.6) is 0 Å². The van der Waals surface area contributed by atoms with E-state index in [4.69, 9.17) is 0 Å². The zero-order valence-electron chi connectivity index (χ0n) is 11.5. The molecule has 2 unspecified atom stereocenters. The monoisotopic (exact) mass is 289 g/mol. The van der Waals surface area contributed by atoms with Crippen molar-refractivity contribution >= 4 is 24.2 Å². The first kappa shape index (κ1) is 16.2. The van der Waals surface area contributed by atoms with Gasteiger partial charge in [0.15, 0.2) is 0 Å². The third-order valence-electron chi connectivity index (χ3n) is 3.80. The Morgan fingerprint density at radius 1 is 1.37 bits per heavy atom. The number of rotatable bonds is 4. The van der Waals surface area contributed by atoms with Gasteiger partial charge in [-0.05, 0) is 25.8 Å². The molecule has 2 fully saturated rings. The largest absolute Gasteiger partial charge is 0.351 e. The summed E-state index contributed by atoms with van der Waals surface area (Å²) in [7, 11) is 0. The van der Waals surface area contributed by atoms with Crippen LogP contribution in [0.3, 0.4) is 0 Å². The fraction of sp³-hybridized carbons (Fsp3) is 0.846. The van der Waals surface area contributed by atoms with Gasteiger partial charge < -0.3 is 15.5 Å². The molecule has 2 aliphatic heterocycles. The Kier molecular flexibility index (Phi) is 6.58. The molecule has 0 aliphatic carbocycles. The minimum Gasteiger partial charge on any atom is -0.351 e. The maximum absolute atomic E-state index is 11.8. The third kappa shape index (κ3) is 4.66. The Balaban J connectivity index is 0.00000180. The van der Waals surface area contributed by atoms with Crippen molar-refractivity contribution < 1.29 is 9.59 Å². The van der Waals surface area contributed by atoms with Crippen molar-refractivity contribution in [2.45, 2.75) is 51.1 Å². The van der Waals surface area contributed by atoms with E-state index in [1.165, 1.54) is 6.42 Å². The highest BCUT2D eigenvalue weighted by molar-refractivity contribution is 5.85. The highest BCUT2D eigenvalue weighted by Gasteiger charge is 2.27. The Hall–Kier alpha value is -0.810. The van der Waals surface area contributed by atoms with Gasteiger partial charge in [-0.25, -0.2) is 0 Å². The first-order valence-electron chi connectivity index (χ1n) is 6.99. The van der Waals surface area contributed by atoms with Crippen LogP contribution in [0.1, 0.15) is 39.0 Å². The maximum Gasteiger partial charge on any atom is 0.222 e. The summed E-state index contributed by atoms with van der Waals surface area (Å²) in [5.74, 6) is 0.300. The number of carbonyl (C=O) groups excluding carboxylic acids is 2. The summed E-state index contributed by atoms with van der Waals surface area (Å²) in [6.45, 7) is 4.36. The summed E-state index contributed by atoms with van der Waals surface area (Å²) in [6.07, 6.45) is 4.26. The van der Waals surface area contributed by atoms with Crippen molar-refractivity contribution in [3.05, 3.63) is 0 Å². The second-order valence-corrected chi connectivity index (χ2v) is 5.24. The Morgan fingerprint density at radius 2 is 2.16 bits per heavy atom. The van der Waals surface area contributed by atoms with Crippen molar-refractivity contribution in [2.75, 3.05) is 19.6 Å². The lowest BCUT2D eigenvalue weighted by atomic mass is 10.1. The average Bonchev–Trinajstić information content (AvgIpc) is 2.99. The van der Waals surface area contributed by atoms with Gasteiger partial charge >= 0.3 is 0 Å². The lowest BCUT2D eigenvalue weighted by Gasteiger charge is -2.17. The molecule has 2 aliphatic rings. The number of nitrogens with zero attached hydrogens (tertiary/aromatic N) is 1. The number of carbonyl (C=O) groups is 2. The van der Waals surface area contributed by atoms with Gasteiger partial charge in [0.1, 0.15) is 0 Å². The Labute approximate surface area is 120 Å². The highest BCUT2D eigenvalue weighted by atomic mass is 35.5. The first-order chi connectivity index (χ1) is 8.69. The van der Waals surface area contributed by atoms with Crippen LogP contribution in [-0.2, 0) is 9.59 Å². The molecule has 0 aromatic carbocycles. The second kappa shape index (κ2) is 7.70. The van der Waals surface area contributed by atoms with E-state index < -0.39 is 0 Å². The summed E-state index contributed by atoms with van der Waals surface area (Å²) in [5.41, 5.74) is 0. The molecule has 2 N–H and O–H groups in total. The molecule has 0 aromatic heterocycles. The molecule has 110 valence electrons. The van der Waals surface area contributed by atoms with E-state index in [-0.39, 0.29) is 30.3 Å². The van der Waals surface area contributed by atoms with E-state index in [1.54, 1.807) is 0 Å². The molecule has 2 heterocycles. The second-order valence-electron chi connectivity index (χ2n) is 5.24. The molecule has 5 nitrogen and oxygen atoms in total. The fourth-order valence-corrected chi connectivity index (χ4v) is 2.77. The molecule has 2 saturated heterocycles. The van der Waals surface area contributed by atoms with E-state index in [1.807, 2.05) is 11.8 Å². The topological polar surface area (TPSA) is 61.4 Å². The van der Waals surface area contributed by atoms with Crippen molar-refractivity contribution in [1.29, 1.82) is 0 Å². The predicted octanol–water partition coefficient (Wildman–Crippen LogP) is 0.677. The zero-order valence-corrected chi connectivity index (χ0v) is 12.3. The molecular formula is C13H24ClN3O2. The normalized spacial score (nSPS) is 26.1. The summed E-state index contributed by atoms with van der Waals surface area (Å²) in [6, 6.07) is 0.495. The predicted molar refractivity (Wildman–Crippen MR) is 76.3 cm³/mol. The quantitative estimate of drug-likeness (QED) is 0.800. The van der Waals surface area contributed by atoms with Crippen LogP contribution in [0.25, 0.3) is 0 Å². The molecule has 0 radical (unpaired) electrons. The van der Waals surface area contributed by atoms with Crippen LogP contribution in [0.4, 0.5) is 0 Å². The molecule has 0 aromatic rings. The number of hydrogen-bond acceptors (Lipinski definition) is 3. The lowest BCUT2D eigenvalue weighted by Crippen LogP contribution is -2.40. The van der Waals surface area contributed by atoms with E-state index in [0.717, 1.165) is 25.9 Å². The zero-order chi connectivity index (χ0) is 13.0. The van der Waals surface area contributed by atoms with Crippen LogP contribution in [0.2, 0.25) is 0 Å².